The predicted octanol–water partition coefficient (Wildman–Crippen LogP) is 2.58. The Kier molecular flexibility index (Phi) is 5.94. The van der Waals surface area contributed by atoms with Gasteiger partial charge in [0.25, 0.3) is 11.6 Å². The number of nitrogens with one attached hydrogen (secondary N) is 1. The Bertz CT molecular complexity index is 1030. The van der Waals surface area contributed by atoms with Crippen LogP contribution in [0.2, 0.25) is 5.02 Å². The Hall–Kier alpha value is -2.85. The van der Waals surface area contributed by atoms with E-state index in [0.29, 0.717) is 31.9 Å². The molecule has 1 aliphatic rings. The molecule has 2 aromatic rings. The zero-order chi connectivity index (χ0) is 21.2. The summed E-state index contributed by atoms with van der Waals surface area (Å²) in [6.45, 7) is 2.00. The third-order valence-electron chi connectivity index (χ3n) is 4.49. The first-order chi connectivity index (χ1) is 13.6. The highest BCUT2D eigenvalue weighted by Crippen LogP contribution is 2.25. The van der Waals surface area contributed by atoms with Crippen molar-refractivity contribution in [1.29, 1.82) is 0 Å². The second-order valence-corrected chi connectivity index (χ2v) is 8.78. The van der Waals surface area contributed by atoms with E-state index in [1.807, 2.05) is 12.1 Å². The molecule has 0 atom stereocenters. The maximum Gasteiger partial charge on any atom is 0.270 e. The third kappa shape index (κ3) is 5.15. The quantitative estimate of drug-likeness (QED) is 0.567. The minimum Gasteiger partial charge on any atom is -0.368 e. The maximum atomic E-state index is 12.8. The molecule has 1 amide bonds. The number of carbonyl (C=O) groups excluding carboxylic acids is 1. The number of non-ortho nitro benzene ring substituents is 1. The van der Waals surface area contributed by atoms with E-state index in [-0.39, 0.29) is 22.2 Å². The molecule has 1 heterocycles. The molecule has 0 bridgehead atoms. The summed E-state index contributed by atoms with van der Waals surface area (Å²) in [5, 5.41) is 11.1. The minimum atomic E-state index is -3.33. The number of sulfonamides is 1. The first-order valence-electron chi connectivity index (χ1n) is 8.70. The monoisotopic (exact) mass is 438 g/mol. The molecule has 1 aliphatic heterocycles. The Labute approximate surface area is 173 Å². The summed E-state index contributed by atoms with van der Waals surface area (Å²) < 4.78 is 25.0. The van der Waals surface area contributed by atoms with Gasteiger partial charge in [-0.05, 0) is 30.3 Å². The van der Waals surface area contributed by atoms with Gasteiger partial charge in [-0.15, -0.1) is 0 Å². The molecule has 0 unspecified atom stereocenters. The van der Waals surface area contributed by atoms with Crippen LogP contribution in [-0.4, -0.2) is 56.6 Å². The van der Waals surface area contributed by atoms with Crippen LogP contribution in [0.25, 0.3) is 0 Å². The summed E-state index contributed by atoms with van der Waals surface area (Å²) in [7, 11) is -3.33. The summed E-state index contributed by atoms with van der Waals surface area (Å²) in [5.74, 6) is -0.342. The van der Waals surface area contributed by atoms with E-state index < -0.39 is 14.9 Å². The van der Waals surface area contributed by atoms with Crippen LogP contribution in [0.1, 0.15) is 10.4 Å². The lowest BCUT2D eigenvalue weighted by molar-refractivity contribution is -0.384. The molecule has 0 aromatic heterocycles. The number of carbonyl (C=O) groups is 1. The van der Waals surface area contributed by atoms with E-state index in [4.69, 9.17) is 11.6 Å². The highest BCUT2D eigenvalue weighted by Gasteiger charge is 2.25. The molecule has 154 valence electrons. The molecular weight excluding hydrogens is 420 g/mol. The van der Waals surface area contributed by atoms with Crippen molar-refractivity contribution in [1.82, 2.24) is 4.90 Å². The van der Waals surface area contributed by atoms with Gasteiger partial charge in [0.1, 0.15) is 0 Å². The van der Waals surface area contributed by atoms with Crippen molar-refractivity contribution >= 4 is 44.6 Å². The topological polar surface area (TPSA) is 113 Å². The van der Waals surface area contributed by atoms with Crippen molar-refractivity contribution in [3.63, 3.8) is 0 Å². The number of hydrogen-bond donors (Lipinski definition) is 1. The van der Waals surface area contributed by atoms with Gasteiger partial charge in [0.15, 0.2) is 0 Å². The van der Waals surface area contributed by atoms with Crippen LogP contribution >= 0.6 is 11.6 Å². The molecule has 0 spiro atoms. The normalized spacial score (nSPS) is 14.6. The van der Waals surface area contributed by atoms with E-state index >= 15 is 0 Å². The standard InChI is InChI=1S/C18H19ClN4O5S/c1-29(27,28)20-13-2-4-14(5-3-13)21-8-10-22(11-9-21)18(24)16-12-15(23(25)26)6-7-17(16)19/h2-7,12,20H,8-11H2,1H3. The molecule has 0 radical (unpaired) electrons. The number of nitrogens with zero attached hydrogens (tertiary/aromatic N) is 3. The van der Waals surface area contributed by atoms with Gasteiger partial charge in [0.05, 0.1) is 21.8 Å². The SMILES string of the molecule is CS(=O)(=O)Nc1ccc(N2CCN(C(=O)c3cc([N+](=O)[O-])ccc3Cl)CC2)cc1. The molecule has 1 N–H and O–H groups in total. The fourth-order valence-electron chi connectivity index (χ4n) is 3.08. The van der Waals surface area contributed by atoms with Gasteiger partial charge >= 0.3 is 0 Å². The van der Waals surface area contributed by atoms with Gasteiger partial charge in [0.2, 0.25) is 10.0 Å². The molecule has 3 rings (SSSR count). The first kappa shape index (κ1) is 20.9. The fraction of sp³-hybridized carbons (Fsp3) is 0.278. The predicted molar refractivity (Wildman–Crippen MR) is 111 cm³/mol. The Balaban J connectivity index is 1.65. The van der Waals surface area contributed by atoms with Crippen molar-refractivity contribution < 1.29 is 18.1 Å². The van der Waals surface area contributed by atoms with Gasteiger partial charge in [-0.2, -0.15) is 0 Å². The lowest BCUT2D eigenvalue weighted by Crippen LogP contribution is -2.48. The summed E-state index contributed by atoms with van der Waals surface area (Å²) in [6.07, 6.45) is 1.09. The van der Waals surface area contributed by atoms with Gasteiger partial charge < -0.3 is 9.80 Å². The van der Waals surface area contributed by atoms with Crippen molar-refractivity contribution in [3.8, 4) is 0 Å². The van der Waals surface area contributed by atoms with Crippen LogP contribution in [0, 0.1) is 10.1 Å². The maximum absolute atomic E-state index is 12.8. The number of nitro groups is 1. The number of benzene rings is 2. The second-order valence-electron chi connectivity index (χ2n) is 6.62. The Morgan fingerprint density at radius 3 is 2.28 bits per heavy atom. The van der Waals surface area contributed by atoms with Crippen LogP contribution in [0.4, 0.5) is 17.1 Å². The fourth-order valence-corrected chi connectivity index (χ4v) is 3.85. The number of nitro benzene ring substituents is 1. The first-order valence-corrected chi connectivity index (χ1v) is 11.0. The Morgan fingerprint density at radius 2 is 1.72 bits per heavy atom. The van der Waals surface area contributed by atoms with Gasteiger partial charge in [-0.1, -0.05) is 11.6 Å². The zero-order valence-corrected chi connectivity index (χ0v) is 17.1. The van der Waals surface area contributed by atoms with Gasteiger partial charge in [-0.25, -0.2) is 8.42 Å². The largest absolute Gasteiger partial charge is 0.368 e. The zero-order valence-electron chi connectivity index (χ0n) is 15.5. The van der Waals surface area contributed by atoms with E-state index in [1.165, 1.54) is 18.2 Å². The highest BCUT2D eigenvalue weighted by molar-refractivity contribution is 7.92. The number of anilines is 2. The van der Waals surface area contributed by atoms with E-state index in [9.17, 15) is 23.3 Å². The molecular formula is C18H19ClN4O5S. The van der Waals surface area contributed by atoms with E-state index in [0.717, 1.165) is 11.9 Å². The average molecular weight is 439 g/mol. The number of halogens is 1. The molecule has 29 heavy (non-hydrogen) atoms. The van der Waals surface area contributed by atoms with E-state index in [2.05, 4.69) is 9.62 Å². The highest BCUT2D eigenvalue weighted by atomic mass is 35.5. The lowest BCUT2D eigenvalue weighted by Gasteiger charge is -2.36. The summed E-state index contributed by atoms with van der Waals surface area (Å²) in [6, 6.07) is 10.8. The number of amides is 1. The van der Waals surface area contributed by atoms with Crippen molar-refractivity contribution in [2.24, 2.45) is 0 Å². The van der Waals surface area contributed by atoms with Crippen LogP contribution in [0.3, 0.4) is 0 Å². The van der Waals surface area contributed by atoms with Crippen LogP contribution in [-0.2, 0) is 10.0 Å². The van der Waals surface area contributed by atoms with Crippen molar-refractivity contribution in [3.05, 3.63) is 63.2 Å². The average Bonchev–Trinajstić information content (AvgIpc) is 2.67. The molecule has 0 saturated carbocycles. The van der Waals surface area contributed by atoms with Crippen LogP contribution in [0.5, 0.6) is 0 Å². The summed E-state index contributed by atoms with van der Waals surface area (Å²) in [5.41, 5.74) is 1.32. The summed E-state index contributed by atoms with van der Waals surface area (Å²) in [4.78, 5) is 26.8. The molecule has 2 aromatic carbocycles. The van der Waals surface area contributed by atoms with Crippen molar-refractivity contribution in [2.75, 3.05) is 42.1 Å². The Morgan fingerprint density at radius 1 is 1.10 bits per heavy atom. The van der Waals surface area contributed by atoms with Gasteiger partial charge in [0, 0.05) is 49.7 Å². The van der Waals surface area contributed by atoms with Crippen molar-refractivity contribution in [2.45, 2.75) is 0 Å². The molecule has 9 nitrogen and oxygen atoms in total. The summed E-state index contributed by atoms with van der Waals surface area (Å²) >= 11 is 6.07. The molecule has 0 aliphatic carbocycles. The van der Waals surface area contributed by atoms with E-state index in [1.54, 1.807) is 17.0 Å². The smallest absolute Gasteiger partial charge is 0.270 e. The van der Waals surface area contributed by atoms with Crippen LogP contribution in [0.15, 0.2) is 42.5 Å². The number of piperazine rings is 1. The third-order valence-corrected chi connectivity index (χ3v) is 5.43. The molecule has 1 fully saturated rings. The second kappa shape index (κ2) is 8.26. The molecule has 11 heteroatoms. The molecule has 1 saturated heterocycles. The van der Waals surface area contributed by atoms with Crippen LogP contribution < -0.4 is 9.62 Å². The minimum absolute atomic E-state index is 0.116. The number of rotatable bonds is 5. The number of hydrogen-bond acceptors (Lipinski definition) is 6. The lowest BCUT2D eigenvalue weighted by atomic mass is 10.1. The van der Waals surface area contributed by atoms with Gasteiger partial charge in [-0.3, -0.25) is 19.6 Å².